The van der Waals surface area contributed by atoms with Crippen LogP contribution in [-0.2, 0) is 5.54 Å². The number of nitrogens with zero attached hydrogens (tertiary/aromatic N) is 2. The Morgan fingerprint density at radius 3 is 2.89 bits per heavy atom. The van der Waals surface area contributed by atoms with Crippen LogP contribution in [0.3, 0.4) is 0 Å². The Hall–Kier alpha value is -0.940. The number of hydrogen-bond acceptors (Lipinski definition) is 3. The average molecular weight is 323 g/mol. The van der Waals surface area contributed by atoms with Gasteiger partial charge >= 0.3 is 0 Å². The summed E-state index contributed by atoms with van der Waals surface area (Å²) in [6.45, 7) is 2.26. The van der Waals surface area contributed by atoms with E-state index in [2.05, 4.69) is 37.8 Å². The maximum absolute atomic E-state index is 6.57. The number of aromatic nitrogens is 3. The van der Waals surface area contributed by atoms with Crippen LogP contribution in [0.25, 0.3) is 11.2 Å². The summed E-state index contributed by atoms with van der Waals surface area (Å²) in [7, 11) is 0. The molecule has 0 amide bonds. The standard InChI is InChI=1S/C14H19BrN4/c1-2-9-3-5-14(16,6-4-9)13-18-11-7-10(15)8-17-12(11)19-13/h7-9H,2-6,16H2,1H3,(H,17,18,19). The summed E-state index contributed by atoms with van der Waals surface area (Å²) in [5, 5.41) is 0. The molecule has 0 aromatic carbocycles. The Kier molecular flexibility index (Phi) is 3.35. The Morgan fingerprint density at radius 2 is 2.21 bits per heavy atom. The Balaban J connectivity index is 1.91. The Morgan fingerprint density at radius 1 is 1.47 bits per heavy atom. The molecule has 0 radical (unpaired) electrons. The predicted octanol–water partition coefficient (Wildman–Crippen LogP) is 3.47. The molecule has 4 nitrogen and oxygen atoms in total. The van der Waals surface area contributed by atoms with Gasteiger partial charge in [-0.3, -0.25) is 0 Å². The molecule has 0 aliphatic heterocycles. The maximum Gasteiger partial charge on any atom is 0.177 e. The van der Waals surface area contributed by atoms with Crippen LogP contribution >= 0.6 is 15.9 Å². The van der Waals surface area contributed by atoms with Crippen molar-refractivity contribution in [1.82, 2.24) is 15.0 Å². The van der Waals surface area contributed by atoms with E-state index >= 15 is 0 Å². The summed E-state index contributed by atoms with van der Waals surface area (Å²) in [6.07, 6.45) is 7.43. The minimum atomic E-state index is -0.307. The molecule has 1 aliphatic carbocycles. The first-order valence-corrected chi connectivity index (χ1v) is 7.70. The van der Waals surface area contributed by atoms with Gasteiger partial charge in [0.15, 0.2) is 5.65 Å². The lowest BCUT2D eigenvalue weighted by Gasteiger charge is -2.35. The quantitative estimate of drug-likeness (QED) is 0.889. The summed E-state index contributed by atoms with van der Waals surface area (Å²) in [5.74, 6) is 1.72. The molecule has 3 rings (SSSR count). The van der Waals surface area contributed by atoms with Gasteiger partial charge in [0.1, 0.15) is 5.82 Å². The van der Waals surface area contributed by atoms with Crippen LogP contribution in [0.15, 0.2) is 16.7 Å². The zero-order valence-corrected chi connectivity index (χ0v) is 12.7. The number of nitrogens with one attached hydrogen (secondary N) is 1. The van der Waals surface area contributed by atoms with E-state index in [0.717, 1.165) is 40.2 Å². The third-order valence-electron chi connectivity index (χ3n) is 4.35. The van der Waals surface area contributed by atoms with Crippen molar-refractivity contribution >= 4 is 27.1 Å². The molecule has 5 heteroatoms. The van der Waals surface area contributed by atoms with Gasteiger partial charge in [-0.25, -0.2) is 9.97 Å². The van der Waals surface area contributed by atoms with Crippen LogP contribution in [0.5, 0.6) is 0 Å². The van der Waals surface area contributed by atoms with Crippen LogP contribution in [0.2, 0.25) is 0 Å². The second-order valence-electron chi connectivity index (χ2n) is 5.62. The first-order chi connectivity index (χ1) is 9.10. The highest BCUT2D eigenvalue weighted by atomic mass is 79.9. The fraction of sp³-hybridized carbons (Fsp3) is 0.571. The number of H-pyrrole nitrogens is 1. The Bertz CT molecular complexity index is 584. The monoisotopic (exact) mass is 322 g/mol. The highest BCUT2D eigenvalue weighted by Crippen LogP contribution is 2.37. The molecular weight excluding hydrogens is 304 g/mol. The molecular formula is C14H19BrN4. The highest BCUT2D eigenvalue weighted by Gasteiger charge is 2.35. The summed E-state index contributed by atoms with van der Waals surface area (Å²) in [6, 6.07) is 2.00. The molecule has 0 atom stereocenters. The van der Waals surface area contributed by atoms with Gasteiger partial charge in [0.05, 0.1) is 11.1 Å². The van der Waals surface area contributed by atoms with Crippen molar-refractivity contribution in [2.75, 3.05) is 0 Å². The van der Waals surface area contributed by atoms with Crippen molar-refractivity contribution in [2.45, 2.75) is 44.6 Å². The van der Waals surface area contributed by atoms with Crippen LogP contribution in [0, 0.1) is 5.92 Å². The first kappa shape index (κ1) is 13.1. The molecule has 0 unspecified atom stereocenters. The van der Waals surface area contributed by atoms with Crippen LogP contribution < -0.4 is 5.73 Å². The fourth-order valence-electron chi connectivity index (χ4n) is 2.95. The summed E-state index contributed by atoms with van der Waals surface area (Å²) in [5.41, 5.74) is 7.96. The van der Waals surface area contributed by atoms with Gasteiger partial charge in [0, 0.05) is 10.7 Å². The molecule has 0 spiro atoms. The van der Waals surface area contributed by atoms with Crippen LogP contribution in [0.4, 0.5) is 0 Å². The number of rotatable bonds is 2. The van der Waals surface area contributed by atoms with E-state index in [0.29, 0.717) is 0 Å². The van der Waals surface area contributed by atoms with Crippen molar-refractivity contribution in [2.24, 2.45) is 11.7 Å². The third-order valence-corrected chi connectivity index (χ3v) is 4.78. The van der Waals surface area contributed by atoms with Crippen molar-refractivity contribution in [3.63, 3.8) is 0 Å². The summed E-state index contributed by atoms with van der Waals surface area (Å²) >= 11 is 3.43. The number of aromatic amines is 1. The van der Waals surface area contributed by atoms with E-state index in [1.807, 2.05) is 6.07 Å². The van der Waals surface area contributed by atoms with Crippen molar-refractivity contribution in [1.29, 1.82) is 0 Å². The topological polar surface area (TPSA) is 67.6 Å². The van der Waals surface area contributed by atoms with Crippen molar-refractivity contribution in [3.8, 4) is 0 Å². The zero-order chi connectivity index (χ0) is 13.5. The van der Waals surface area contributed by atoms with E-state index < -0.39 is 0 Å². The molecule has 3 N–H and O–H groups in total. The lowest BCUT2D eigenvalue weighted by Crippen LogP contribution is -2.41. The number of pyridine rings is 1. The minimum Gasteiger partial charge on any atom is -0.339 e. The van der Waals surface area contributed by atoms with E-state index in [-0.39, 0.29) is 5.54 Å². The number of halogens is 1. The predicted molar refractivity (Wildman–Crippen MR) is 79.7 cm³/mol. The van der Waals surface area contributed by atoms with Gasteiger partial charge in [-0.15, -0.1) is 0 Å². The van der Waals surface area contributed by atoms with Crippen molar-refractivity contribution in [3.05, 3.63) is 22.6 Å². The lowest BCUT2D eigenvalue weighted by molar-refractivity contribution is 0.223. The normalized spacial score (nSPS) is 27.8. The SMILES string of the molecule is CCC1CCC(N)(c2nc3ncc(Br)cc3[nH]2)CC1. The smallest absolute Gasteiger partial charge is 0.177 e. The van der Waals surface area contributed by atoms with Gasteiger partial charge < -0.3 is 10.7 Å². The molecule has 19 heavy (non-hydrogen) atoms. The lowest BCUT2D eigenvalue weighted by atomic mass is 9.76. The zero-order valence-electron chi connectivity index (χ0n) is 11.1. The molecule has 1 aliphatic rings. The highest BCUT2D eigenvalue weighted by molar-refractivity contribution is 9.10. The number of fused-ring (bicyclic) bond motifs is 1. The van der Waals surface area contributed by atoms with Gasteiger partial charge in [-0.05, 0) is 53.6 Å². The average Bonchev–Trinajstić information content (AvgIpc) is 2.83. The molecule has 0 bridgehead atoms. The molecule has 2 aromatic rings. The Labute approximate surface area is 121 Å². The number of nitrogens with two attached hydrogens (primary N) is 1. The fourth-order valence-corrected chi connectivity index (χ4v) is 3.28. The third kappa shape index (κ3) is 2.41. The minimum absolute atomic E-state index is 0.307. The number of imidazole rings is 1. The van der Waals surface area contributed by atoms with E-state index in [9.17, 15) is 0 Å². The van der Waals surface area contributed by atoms with Gasteiger partial charge in [-0.1, -0.05) is 13.3 Å². The molecule has 2 aromatic heterocycles. The molecule has 1 fully saturated rings. The maximum atomic E-state index is 6.57. The molecule has 1 saturated carbocycles. The van der Waals surface area contributed by atoms with E-state index in [1.165, 1.54) is 19.3 Å². The summed E-state index contributed by atoms with van der Waals surface area (Å²) < 4.78 is 0.955. The van der Waals surface area contributed by atoms with Crippen LogP contribution in [0.1, 0.15) is 44.9 Å². The first-order valence-electron chi connectivity index (χ1n) is 6.91. The largest absolute Gasteiger partial charge is 0.339 e. The van der Waals surface area contributed by atoms with Crippen LogP contribution in [-0.4, -0.2) is 15.0 Å². The van der Waals surface area contributed by atoms with Gasteiger partial charge in [-0.2, -0.15) is 0 Å². The van der Waals surface area contributed by atoms with Gasteiger partial charge in [0.2, 0.25) is 0 Å². The summed E-state index contributed by atoms with van der Waals surface area (Å²) in [4.78, 5) is 12.3. The second kappa shape index (κ2) is 4.87. The van der Waals surface area contributed by atoms with Crippen molar-refractivity contribution < 1.29 is 0 Å². The van der Waals surface area contributed by atoms with Gasteiger partial charge in [0.25, 0.3) is 0 Å². The molecule has 102 valence electrons. The number of hydrogen-bond donors (Lipinski definition) is 2. The molecule has 0 saturated heterocycles. The van der Waals surface area contributed by atoms with E-state index in [1.54, 1.807) is 6.20 Å². The molecule has 2 heterocycles. The second-order valence-corrected chi connectivity index (χ2v) is 6.53. The van der Waals surface area contributed by atoms with E-state index in [4.69, 9.17) is 5.73 Å².